The molecule has 0 aromatic heterocycles. The molecule has 1 saturated heterocycles. The third-order valence-electron chi connectivity index (χ3n) is 4.54. The maximum absolute atomic E-state index is 12.6. The molecule has 3 nitrogen and oxygen atoms in total. The summed E-state index contributed by atoms with van der Waals surface area (Å²) in [6, 6.07) is 7.62. The van der Waals surface area contributed by atoms with E-state index < -0.39 is 0 Å². The van der Waals surface area contributed by atoms with E-state index in [1.165, 1.54) is 4.90 Å². The van der Waals surface area contributed by atoms with Crippen LogP contribution in [-0.4, -0.2) is 11.8 Å². The Morgan fingerprint density at radius 1 is 1.05 bits per heavy atom. The van der Waals surface area contributed by atoms with Crippen molar-refractivity contribution in [2.75, 3.05) is 4.90 Å². The smallest absolute Gasteiger partial charge is 0.237 e. The lowest BCUT2D eigenvalue weighted by Crippen LogP contribution is -2.31. The minimum absolute atomic E-state index is 0.0100. The molecule has 1 saturated carbocycles. The molecule has 2 fully saturated rings. The normalized spacial score (nSPS) is 30.6. The van der Waals surface area contributed by atoms with Crippen molar-refractivity contribution in [2.45, 2.75) is 33.1 Å². The van der Waals surface area contributed by atoms with Gasteiger partial charge >= 0.3 is 0 Å². The van der Waals surface area contributed by atoms with Crippen LogP contribution in [0.3, 0.4) is 0 Å². The Labute approximate surface area is 113 Å². The van der Waals surface area contributed by atoms with E-state index in [1.54, 1.807) is 0 Å². The van der Waals surface area contributed by atoms with Crippen molar-refractivity contribution in [1.29, 1.82) is 0 Å². The lowest BCUT2D eigenvalue weighted by molar-refractivity contribution is -0.122. The topological polar surface area (TPSA) is 37.4 Å². The van der Waals surface area contributed by atoms with E-state index in [4.69, 9.17) is 0 Å². The number of para-hydroxylation sites is 1. The number of aryl methyl sites for hydroxylation is 1. The molecule has 0 bridgehead atoms. The second-order valence-corrected chi connectivity index (χ2v) is 5.93. The Morgan fingerprint density at radius 2 is 1.74 bits per heavy atom. The van der Waals surface area contributed by atoms with Crippen molar-refractivity contribution < 1.29 is 9.59 Å². The number of amides is 2. The molecule has 1 aromatic carbocycles. The van der Waals surface area contributed by atoms with Crippen molar-refractivity contribution in [1.82, 2.24) is 0 Å². The van der Waals surface area contributed by atoms with Gasteiger partial charge in [-0.3, -0.25) is 9.59 Å². The quantitative estimate of drug-likeness (QED) is 0.725. The molecule has 2 amide bonds. The molecule has 1 aliphatic carbocycles. The first kappa shape index (κ1) is 12.4. The Morgan fingerprint density at radius 3 is 2.47 bits per heavy atom. The molecule has 0 spiro atoms. The van der Waals surface area contributed by atoms with Gasteiger partial charge in [0, 0.05) is 0 Å². The maximum atomic E-state index is 12.6. The van der Waals surface area contributed by atoms with E-state index in [-0.39, 0.29) is 23.7 Å². The van der Waals surface area contributed by atoms with Gasteiger partial charge in [-0.1, -0.05) is 25.1 Å². The molecule has 100 valence electrons. The Kier molecular flexibility index (Phi) is 2.92. The summed E-state index contributed by atoms with van der Waals surface area (Å²) in [4.78, 5) is 26.5. The molecule has 3 atom stereocenters. The Bertz CT molecular complexity index is 537. The van der Waals surface area contributed by atoms with Gasteiger partial charge in [-0.15, -0.1) is 0 Å². The highest BCUT2D eigenvalue weighted by molar-refractivity contribution is 6.22. The molecule has 0 N–H and O–H groups in total. The number of fused-ring (bicyclic) bond motifs is 1. The second kappa shape index (κ2) is 4.48. The van der Waals surface area contributed by atoms with Crippen LogP contribution in [0.5, 0.6) is 0 Å². The number of benzene rings is 1. The van der Waals surface area contributed by atoms with Gasteiger partial charge in [-0.2, -0.15) is 0 Å². The van der Waals surface area contributed by atoms with Crippen molar-refractivity contribution in [3.63, 3.8) is 0 Å². The molecule has 2 aliphatic rings. The van der Waals surface area contributed by atoms with E-state index in [0.717, 1.165) is 30.5 Å². The maximum Gasteiger partial charge on any atom is 0.237 e. The Hall–Kier alpha value is -1.64. The summed E-state index contributed by atoms with van der Waals surface area (Å²) in [6.07, 6.45) is 2.78. The van der Waals surface area contributed by atoms with Gasteiger partial charge in [-0.05, 0) is 43.7 Å². The number of carbonyl (C=O) groups is 2. The van der Waals surface area contributed by atoms with Crippen LogP contribution >= 0.6 is 0 Å². The molecule has 1 heterocycles. The van der Waals surface area contributed by atoms with Gasteiger partial charge in [0.25, 0.3) is 0 Å². The van der Waals surface area contributed by atoms with Gasteiger partial charge in [0.2, 0.25) is 11.8 Å². The average molecular weight is 257 g/mol. The number of nitrogens with zero attached hydrogens (tertiary/aromatic N) is 1. The molecule has 3 rings (SSSR count). The number of imide groups is 1. The fourth-order valence-electron chi connectivity index (χ4n) is 3.44. The predicted octanol–water partition coefficient (Wildman–Crippen LogP) is 2.92. The molecule has 3 heteroatoms. The first-order valence-corrected chi connectivity index (χ1v) is 7.03. The van der Waals surface area contributed by atoms with E-state index >= 15 is 0 Å². The highest BCUT2D eigenvalue weighted by atomic mass is 16.2. The summed E-state index contributed by atoms with van der Waals surface area (Å²) in [7, 11) is 0. The molecular weight excluding hydrogens is 238 g/mol. The minimum atomic E-state index is -0.0872. The minimum Gasteiger partial charge on any atom is -0.274 e. The lowest BCUT2D eigenvalue weighted by atomic mass is 9.76. The number of anilines is 1. The van der Waals surface area contributed by atoms with Crippen LogP contribution in [0.1, 0.15) is 31.7 Å². The summed E-state index contributed by atoms with van der Waals surface area (Å²) in [5.74, 6) is 0.404. The van der Waals surface area contributed by atoms with Gasteiger partial charge < -0.3 is 0 Å². The van der Waals surface area contributed by atoms with E-state index in [1.807, 2.05) is 31.2 Å². The number of rotatable bonds is 1. The zero-order valence-electron chi connectivity index (χ0n) is 11.4. The first-order chi connectivity index (χ1) is 9.09. The van der Waals surface area contributed by atoms with Crippen molar-refractivity contribution in [3.05, 3.63) is 29.8 Å². The third-order valence-corrected chi connectivity index (χ3v) is 4.54. The summed E-state index contributed by atoms with van der Waals surface area (Å²) in [6.45, 7) is 4.12. The van der Waals surface area contributed by atoms with E-state index in [2.05, 4.69) is 6.92 Å². The van der Waals surface area contributed by atoms with Crippen LogP contribution in [-0.2, 0) is 9.59 Å². The molecule has 0 unspecified atom stereocenters. The lowest BCUT2D eigenvalue weighted by Gasteiger charge is -2.25. The zero-order chi connectivity index (χ0) is 13.6. The SMILES string of the molecule is Cc1ccccc1N1C(=O)[C@@H]2CC[C@H](C)C[C@H]2C1=O. The molecule has 1 aliphatic heterocycles. The molecular formula is C16H19NO2. The van der Waals surface area contributed by atoms with E-state index in [0.29, 0.717) is 5.92 Å². The van der Waals surface area contributed by atoms with Crippen molar-refractivity contribution in [3.8, 4) is 0 Å². The third kappa shape index (κ3) is 1.88. The zero-order valence-corrected chi connectivity index (χ0v) is 11.4. The average Bonchev–Trinajstić information content (AvgIpc) is 2.63. The highest BCUT2D eigenvalue weighted by Crippen LogP contribution is 2.42. The van der Waals surface area contributed by atoms with Gasteiger partial charge in [0.15, 0.2) is 0 Å². The number of hydrogen-bond donors (Lipinski definition) is 0. The fourth-order valence-corrected chi connectivity index (χ4v) is 3.44. The summed E-state index contributed by atoms with van der Waals surface area (Å²) in [5.41, 5.74) is 1.75. The standard InChI is InChI=1S/C16H19NO2/c1-10-7-8-12-13(9-10)16(19)17(15(12)18)14-6-4-3-5-11(14)2/h3-6,10,12-13H,7-9H2,1-2H3/t10-,12+,13+/m0/s1. The van der Waals surface area contributed by atoms with Crippen LogP contribution in [0, 0.1) is 24.7 Å². The highest BCUT2D eigenvalue weighted by Gasteiger charge is 2.50. The van der Waals surface area contributed by atoms with Crippen LogP contribution in [0.2, 0.25) is 0 Å². The molecule has 1 aromatic rings. The summed E-state index contributed by atoms with van der Waals surface area (Å²) >= 11 is 0. The van der Waals surface area contributed by atoms with Crippen LogP contribution in [0.4, 0.5) is 5.69 Å². The summed E-state index contributed by atoms with van der Waals surface area (Å²) in [5, 5.41) is 0. The monoisotopic (exact) mass is 257 g/mol. The molecule has 0 radical (unpaired) electrons. The fraction of sp³-hybridized carbons (Fsp3) is 0.500. The largest absolute Gasteiger partial charge is 0.274 e. The van der Waals surface area contributed by atoms with Gasteiger partial charge in [0.05, 0.1) is 17.5 Å². The van der Waals surface area contributed by atoms with Crippen LogP contribution < -0.4 is 4.90 Å². The summed E-state index contributed by atoms with van der Waals surface area (Å²) < 4.78 is 0. The van der Waals surface area contributed by atoms with Crippen molar-refractivity contribution >= 4 is 17.5 Å². The van der Waals surface area contributed by atoms with Gasteiger partial charge in [0.1, 0.15) is 0 Å². The second-order valence-electron chi connectivity index (χ2n) is 5.93. The van der Waals surface area contributed by atoms with Crippen molar-refractivity contribution in [2.24, 2.45) is 17.8 Å². The number of hydrogen-bond acceptors (Lipinski definition) is 2. The van der Waals surface area contributed by atoms with Crippen LogP contribution in [0.25, 0.3) is 0 Å². The van der Waals surface area contributed by atoms with E-state index in [9.17, 15) is 9.59 Å². The van der Waals surface area contributed by atoms with Crippen LogP contribution in [0.15, 0.2) is 24.3 Å². The number of carbonyl (C=O) groups excluding carboxylic acids is 2. The molecule has 19 heavy (non-hydrogen) atoms. The first-order valence-electron chi connectivity index (χ1n) is 7.03. The Balaban J connectivity index is 1.98. The van der Waals surface area contributed by atoms with Gasteiger partial charge in [-0.25, -0.2) is 4.90 Å². The predicted molar refractivity (Wildman–Crippen MR) is 73.7 cm³/mol.